The number of anilines is 2. The second-order valence-corrected chi connectivity index (χ2v) is 4.03. The van der Waals surface area contributed by atoms with Crippen molar-refractivity contribution >= 4 is 11.4 Å². The fraction of sp³-hybridized carbons (Fsp3) is 0.538. The highest BCUT2D eigenvalue weighted by Gasteiger charge is 2.09. The molecule has 0 aromatic heterocycles. The van der Waals surface area contributed by atoms with Gasteiger partial charge in [-0.2, -0.15) is 0 Å². The van der Waals surface area contributed by atoms with E-state index in [2.05, 4.69) is 5.32 Å². The third-order valence-corrected chi connectivity index (χ3v) is 2.46. The number of rotatable bonds is 8. The first-order valence-electron chi connectivity index (χ1n) is 6.09. The largest absolute Gasteiger partial charge is 0.494 e. The van der Waals surface area contributed by atoms with Crippen LogP contribution in [0.5, 0.6) is 5.75 Å². The summed E-state index contributed by atoms with van der Waals surface area (Å²) in [7, 11) is 1.64. The predicted molar refractivity (Wildman–Crippen MR) is 73.0 cm³/mol. The lowest BCUT2D eigenvalue weighted by molar-refractivity contribution is 0.170. The Hall–Kier alpha value is -1.46. The van der Waals surface area contributed by atoms with E-state index in [1.807, 2.05) is 19.1 Å². The number of aliphatic hydroxyl groups excluding tert-OH is 1. The van der Waals surface area contributed by atoms with Gasteiger partial charge in [-0.15, -0.1) is 0 Å². The molecule has 0 radical (unpaired) electrons. The summed E-state index contributed by atoms with van der Waals surface area (Å²) in [6.07, 6.45) is 0.618. The van der Waals surface area contributed by atoms with Gasteiger partial charge in [0.2, 0.25) is 0 Å². The highest BCUT2D eigenvalue weighted by Crippen LogP contribution is 2.23. The van der Waals surface area contributed by atoms with Crippen LogP contribution in [-0.2, 0) is 4.74 Å². The molecule has 5 nitrogen and oxygen atoms in total. The first-order valence-corrected chi connectivity index (χ1v) is 6.09. The summed E-state index contributed by atoms with van der Waals surface area (Å²) >= 11 is 0. The Balaban J connectivity index is 2.74. The molecule has 0 amide bonds. The maximum atomic E-state index is 8.99. The first-order chi connectivity index (χ1) is 8.69. The molecule has 0 spiro atoms. The Bertz CT molecular complexity index is 352. The molecule has 1 unspecified atom stereocenters. The van der Waals surface area contributed by atoms with Crippen LogP contribution in [0.4, 0.5) is 11.4 Å². The second-order valence-electron chi connectivity index (χ2n) is 4.03. The number of ether oxygens (including phenoxy) is 2. The van der Waals surface area contributed by atoms with Crippen molar-refractivity contribution in [2.24, 2.45) is 0 Å². The minimum atomic E-state index is 0.0521. The third-order valence-electron chi connectivity index (χ3n) is 2.46. The fourth-order valence-corrected chi connectivity index (χ4v) is 1.75. The minimum Gasteiger partial charge on any atom is -0.494 e. The van der Waals surface area contributed by atoms with Crippen LogP contribution in [0, 0.1) is 0 Å². The van der Waals surface area contributed by atoms with Gasteiger partial charge in [-0.05, 0) is 19.4 Å². The standard InChI is InChI=1S/C13H22N2O3/c1-3-18-13-7-10(14)6-12(8-13)15-11(4-5-16)9-17-2/h6-8,11,15-16H,3-5,9,14H2,1-2H3. The molecule has 1 rings (SSSR count). The van der Waals surface area contributed by atoms with Crippen LogP contribution in [0.3, 0.4) is 0 Å². The zero-order chi connectivity index (χ0) is 13.4. The summed E-state index contributed by atoms with van der Waals surface area (Å²) in [4.78, 5) is 0. The highest BCUT2D eigenvalue weighted by molar-refractivity contribution is 5.59. The summed E-state index contributed by atoms with van der Waals surface area (Å²) in [5, 5.41) is 12.3. The number of benzene rings is 1. The minimum absolute atomic E-state index is 0.0521. The Labute approximate surface area is 108 Å². The van der Waals surface area contributed by atoms with Crippen LogP contribution in [0.1, 0.15) is 13.3 Å². The van der Waals surface area contributed by atoms with Gasteiger partial charge in [0.15, 0.2) is 0 Å². The van der Waals surface area contributed by atoms with Crippen LogP contribution in [-0.4, -0.2) is 38.1 Å². The first kappa shape index (κ1) is 14.6. The molecule has 4 N–H and O–H groups in total. The Morgan fingerprint density at radius 1 is 1.39 bits per heavy atom. The monoisotopic (exact) mass is 254 g/mol. The molecule has 0 aliphatic carbocycles. The average molecular weight is 254 g/mol. The zero-order valence-electron chi connectivity index (χ0n) is 11.0. The summed E-state index contributed by atoms with van der Waals surface area (Å²) in [6, 6.07) is 5.56. The molecule has 0 heterocycles. The van der Waals surface area contributed by atoms with Crippen molar-refractivity contribution in [1.29, 1.82) is 0 Å². The lowest BCUT2D eigenvalue weighted by Crippen LogP contribution is -2.26. The molecule has 0 bridgehead atoms. The van der Waals surface area contributed by atoms with E-state index >= 15 is 0 Å². The molecule has 0 aliphatic heterocycles. The third kappa shape index (κ3) is 4.81. The molecular weight excluding hydrogens is 232 g/mol. The molecule has 18 heavy (non-hydrogen) atoms. The average Bonchev–Trinajstić information content (AvgIpc) is 2.29. The van der Waals surface area contributed by atoms with E-state index in [0.29, 0.717) is 25.3 Å². The predicted octanol–water partition coefficient (Wildman–Crippen LogP) is 1.48. The van der Waals surface area contributed by atoms with Gasteiger partial charge in [-0.3, -0.25) is 0 Å². The van der Waals surface area contributed by atoms with E-state index in [1.54, 1.807) is 13.2 Å². The number of aliphatic hydroxyl groups is 1. The second kappa shape index (κ2) is 7.79. The smallest absolute Gasteiger partial charge is 0.123 e. The lowest BCUT2D eigenvalue weighted by atomic mass is 10.2. The molecule has 0 saturated carbocycles. The van der Waals surface area contributed by atoms with Crippen LogP contribution >= 0.6 is 0 Å². The maximum Gasteiger partial charge on any atom is 0.123 e. The van der Waals surface area contributed by atoms with Gasteiger partial charge in [0.05, 0.1) is 19.3 Å². The molecule has 0 fully saturated rings. The van der Waals surface area contributed by atoms with Crippen LogP contribution < -0.4 is 15.8 Å². The number of hydrogen-bond donors (Lipinski definition) is 3. The Kier molecular flexibility index (Phi) is 6.32. The molecule has 0 saturated heterocycles. The van der Waals surface area contributed by atoms with Gasteiger partial charge in [-0.25, -0.2) is 0 Å². The Morgan fingerprint density at radius 2 is 2.17 bits per heavy atom. The summed E-state index contributed by atoms with van der Waals surface area (Å²) in [5.74, 6) is 0.736. The fourth-order valence-electron chi connectivity index (χ4n) is 1.75. The van der Waals surface area contributed by atoms with Crippen molar-refractivity contribution in [1.82, 2.24) is 0 Å². The Morgan fingerprint density at radius 3 is 2.78 bits per heavy atom. The number of hydrogen-bond acceptors (Lipinski definition) is 5. The zero-order valence-corrected chi connectivity index (χ0v) is 11.0. The number of nitrogens with two attached hydrogens (primary N) is 1. The normalized spacial score (nSPS) is 12.2. The van der Waals surface area contributed by atoms with Crippen LogP contribution in [0.15, 0.2) is 18.2 Å². The van der Waals surface area contributed by atoms with E-state index in [4.69, 9.17) is 20.3 Å². The molecule has 1 aromatic rings. The number of methoxy groups -OCH3 is 1. The quantitative estimate of drug-likeness (QED) is 0.612. The van der Waals surface area contributed by atoms with E-state index in [0.717, 1.165) is 11.4 Å². The van der Waals surface area contributed by atoms with Gasteiger partial charge in [0, 0.05) is 37.2 Å². The van der Waals surface area contributed by atoms with Gasteiger partial charge < -0.3 is 25.6 Å². The number of nitrogens with one attached hydrogen (secondary N) is 1. The van der Waals surface area contributed by atoms with Crippen LogP contribution in [0.25, 0.3) is 0 Å². The van der Waals surface area contributed by atoms with Crippen molar-refractivity contribution in [2.45, 2.75) is 19.4 Å². The SMILES string of the molecule is CCOc1cc(N)cc(NC(CCO)COC)c1. The summed E-state index contributed by atoms with van der Waals surface area (Å²) < 4.78 is 10.5. The van der Waals surface area contributed by atoms with Gasteiger partial charge in [0.1, 0.15) is 5.75 Å². The summed E-state index contributed by atoms with van der Waals surface area (Å²) in [5.41, 5.74) is 7.32. The van der Waals surface area contributed by atoms with Gasteiger partial charge in [-0.1, -0.05) is 0 Å². The van der Waals surface area contributed by atoms with E-state index in [-0.39, 0.29) is 12.6 Å². The molecule has 5 heteroatoms. The van der Waals surface area contributed by atoms with E-state index in [1.165, 1.54) is 0 Å². The van der Waals surface area contributed by atoms with Crippen molar-refractivity contribution in [3.05, 3.63) is 18.2 Å². The highest BCUT2D eigenvalue weighted by atomic mass is 16.5. The van der Waals surface area contributed by atoms with Crippen molar-refractivity contribution in [3.63, 3.8) is 0 Å². The van der Waals surface area contributed by atoms with Gasteiger partial charge >= 0.3 is 0 Å². The van der Waals surface area contributed by atoms with Crippen molar-refractivity contribution in [2.75, 3.05) is 38.0 Å². The lowest BCUT2D eigenvalue weighted by Gasteiger charge is -2.19. The topological polar surface area (TPSA) is 76.7 Å². The maximum absolute atomic E-state index is 8.99. The molecule has 102 valence electrons. The van der Waals surface area contributed by atoms with Crippen LogP contribution in [0.2, 0.25) is 0 Å². The molecule has 1 atom stereocenters. The van der Waals surface area contributed by atoms with E-state index < -0.39 is 0 Å². The molecular formula is C13H22N2O3. The molecule has 1 aromatic carbocycles. The van der Waals surface area contributed by atoms with Gasteiger partial charge in [0.25, 0.3) is 0 Å². The van der Waals surface area contributed by atoms with E-state index in [9.17, 15) is 0 Å². The summed E-state index contributed by atoms with van der Waals surface area (Å²) in [6.45, 7) is 3.16. The van der Waals surface area contributed by atoms with Crippen molar-refractivity contribution in [3.8, 4) is 5.75 Å². The molecule has 0 aliphatic rings. The van der Waals surface area contributed by atoms with Crippen molar-refractivity contribution < 1.29 is 14.6 Å². The number of nitrogen functional groups attached to an aromatic ring is 1.